The Morgan fingerprint density at radius 2 is 1.38 bits per heavy atom. The quantitative estimate of drug-likeness (QED) is 0.594. The van der Waals surface area contributed by atoms with Crippen LogP contribution in [-0.2, 0) is 21.9 Å². The third-order valence-corrected chi connectivity index (χ3v) is 2.47. The van der Waals surface area contributed by atoms with Crippen LogP contribution in [0.1, 0.15) is 22.6 Å². The van der Waals surface area contributed by atoms with E-state index in [0.717, 1.165) is 0 Å². The summed E-state index contributed by atoms with van der Waals surface area (Å²) in [6.45, 7) is 0. The minimum Gasteiger partial charge on any atom is -0.549 e. The normalized spacial score (nSPS) is 12.5. The van der Waals surface area contributed by atoms with Gasteiger partial charge in [0.2, 0.25) is 0 Å². The molecule has 0 amide bonds. The molecule has 0 aliphatic carbocycles. The van der Waals surface area contributed by atoms with E-state index in [2.05, 4.69) is 0 Å². The molecule has 116 valence electrons. The van der Waals surface area contributed by atoms with E-state index in [0.29, 0.717) is 12.1 Å². The molecule has 10 heteroatoms. The van der Waals surface area contributed by atoms with Crippen molar-refractivity contribution in [2.45, 2.75) is 18.3 Å². The Kier molecular flexibility index (Phi) is 4.21. The van der Waals surface area contributed by atoms with Gasteiger partial charge < -0.3 is 19.8 Å². The Morgan fingerprint density at radius 3 is 1.71 bits per heavy atom. The van der Waals surface area contributed by atoms with Gasteiger partial charge >= 0.3 is 12.4 Å². The monoisotopic (exact) mass is 314 g/mol. The van der Waals surface area contributed by atoms with Crippen LogP contribution < -0.4 is 10.2 Å². The molecule has 0 heterocycles. The van der Waals surface area contributed by atoms with Gasteiger partial charge in [-0.2, -0.15) is 26.3 Å². The predicted molar refractivity (Wildman–Crippen MR) is 49.2 cm³/mol. The van der Waals surface area contributed by atoms with Gasteiger partial charge in [-0.25, -0.2) is 0 Å². The first-order chi connectivity index (χ1) is 9.37. The number of halogens is 6. The van der Waals surface area contributed by atoms with Gasteiger partial charge in [-0.15, -0.1) is 0 Å². The van der Waals surface area contributed by atoms with E-state index < -0.39 is 46.9 Å². The first-order valence-corrected chi connectivity index (χ1v) is 5.06. The van der Waals surface area contributed by atoms with Crippen LogP contribution >= 0.6 is 0 Å². The lowest BCUT2D eigenvalue weighted by atomic mass is 9.90. The standard InChI is InChI=1S/C11H6F6O4/c12-10(13,14)5-3-1-2-4(7(5)11(15,16)17)6(8(18)19)9(20)21/h1-3,6H,(H,18,19)(H,20,21)/p-2. The van der Waals surface area contributed by atoms with Crippen LogP contribution in [0.2, 0.25) is 0 Å². The molecule has 0 N–H and O–H groups in total. The summed E-state index contributed by atoms with van der Waals surface area (Å²) in [5.74, 6) is -8.01. The van der Waals surface area contributed by atoms with Crippen molar-refractivity contribution in [1.29, 1.82) is 0 Å². The first-order valence-electron chi connectivity index (χ1n) is 5.06. The number of hydrogen-bond acceptors (Lipinski definition) is 4. The van der Waals surface area contributed by atoms with Gasteiger partial charge in [0.05, 0.1) is 29.0 Å². The largest absolute Gasteiger partial charge is 0.549 e. The van der Waals surface area contributed by atoms with Crippen molar-refractivity contribution in [3.8, 4) is 0 Å². The number of aliphatic carboxylic acids is 2. The summed E-state index contributed by atoms with van der Waals surface area (Å²) in [6, 6.07) is 0.842. The minimum absolute atomic E-state index is 0.0634. The fourth-order valence-electron chi connectivity index (χ4n) is 1.71. The molecule has 0 spiro atoms. The van der Waals surface area contributed by atoms with Gasteiger partial charge in [-0.1, -0.05) is 12.1 Å². The van der Waals surface area contributed by atoms with Crippen LogP contribution in [-0.4, -0.2) is 11.9 Å². The topological polar surface area (TPSA) is 80.3 Å². The third kappa shape index (κ3) is 3.44. The van der Waals surface area contributed by atoms with Crippen molar-refractivity contribution in [1.82, 2.24) is 0 Å². The Balaban J connectivity index is 3.75. The molecule has 4 nitrogen and oxygen atoms in total. The summed E-state index contributed by atoms with van der Waals surface area (Å²) in [6.07, 6.45) is -11.1. The second-order valence-electron chi connectivity index (χ2n) is 3.84. The Labute approximate surface area is 112 Å². The van der Waals surface area contributed by atoms with Crippen LogP contribution in [0.4, 0.5) is 26.3 Å². The van der Waals surface area contributed by atoms with Gasteiger partial charge in [-0.3, -0.25) is 0 Å². The van der Waals surface area contributed by atoms with Crippen molar-refractivity contribution in [2.75, 3.05) is 0 Å². The maximum Gasteiger partial charge on any atom is 0.417 e. The molecule has 0 unspecified atom stereocenters. The average molecular weight is 314 g/mol. The maximum atomic E-state index is 12.8. The molecule has 0 bridgehead atoms. The molecule has 0 fully saturated rings. The molecule has 0 aliphatic heterocycles. The first kappa shape index (κ1) is 16.8. The highest BCUT2D eigenvalue weighted by molar-refractivity contribution is 5.97. The second-order valence-corrected chi connectivity index (χ2v) is 3.84. The van der Waals surface area contributed by atoms with E-state index in [-0.39, 0.29) is 6.07 Å². The highest BCUT2D eigenvalue weighted by Crippen LogP contribution is 2.43. The number of carboxylic acids is 2. The highest BCUT2D eigenvalue weighted by Gasteiger charge is 2.45. The summed E-state index contributed by atoms with van der Waals surface area (Å²) in [4.78, 5) is 21.2. The van der Waals surface area contributed by atoms with Crippen molar-refractivity contribution >= 4 is 11.9 Å². The van der Waals surface area contributed by atoms with Crippen molar-refractivity contribution in [3.05, 3.63) is 34.9 Å². The van der Waals surface area contributed by atoms with E-state index in [1.807, 2.05) is 0 Å². The number of benzene rings is 1. The molecular weight excluding hydrogens is 310 g/mol. The number of hydrogen-bond donors (Lipinski definition) is 0. The summed E-state index contributed by atoms with van der Waals surface area (Å²) < 4.78 is 76.2. The maximum absolute atomic E-state index is 12.8. The van der Waals surface area contributed by atoms with Crippen LogP contribution in [0.15, 0.2) is 18.2 Å². The van der Waals surface area contributed by atoms with Crippen molar-refractivity contribution < 1.29 is 46.1 Å². The highest BCUT2D eigenvalue weighted by atomic mass is 19.4. The number of carbonyl (C=O) groups excluding carboxylic acids is 2. The molecule has 0 atom stereocenters. The van der Waals surface area contributed by atoms with Gasteiger partial charge in [0.1, 0.15) is 0 Å². The SMILES string of the molecule is O=C([O-])C(C(=O)[O-])c1cccc(C(F)(F)F)c1C(F)(F)F. The van der Waals surface area contributed by atoms with E-state index in [1.165, 1.54) is 0 Å². The molecule has 0 saturated heterocycles. The summed E-state index contributed by atoms with van der Waals surface area (Å²) >= 11 is 0. The predicted octanol–water partition coefficient (Wildman–Crippen LogP) is 0.308. The van der Waals surface area contributed by atoms with Crippen molar-refractivity contribution in [3.63, 3.8) is 0 Å². The Hall–Kier alpha value is -2.26. The zero-order valence-corrected chi connectivity index (χ0v) is 9.71. The molecule has 1 aromatic rings. The lowest BCUT2D eigenvalue weighted by molar-refractivity contribution is -0.326. The molecular formula is C11H4F6O4-2. The fraction of sp³-hybridized carbons (Fsp3) is 0.273. The smallest absolute Gasteiger partial charge is 0.417 e. The summed E-state index contributed by atoms with van der Waals surface area (Å²) in [7, 11) is 0. The fourth-order valence-corrected chi connectivity index (χ4v) is 1.71. The molecule has 0 aromatic heterocycles. The number of carbonyl (C=O) groups is 2. The molecule has 21 heavy (non-hydrogen) atoms. The molecule has 0 saturated carbocycles. The zero-order chi connectivity index (χ0) is 16.6. The molecule has 0 aliphatic rings. The van der Waals surface area contributed by atoms with Gasteiger partial charge in [0.15, 0.2) is 0 Å². The van der Waals surface area contributed by atoms with Gasteiger partial charge in [0, 0.05) is 0 Å². The number of rotatable bonds is 3. The van der Waals surface area contributed by atoms with E-state index in [9.17, 15) is 46.1 Å². The van der Waals surface area contributed by atoms with Gasteiger partial charge in [0.25, 0.3) is 0 Å². The molecule has 1 rings (SSSR count). The molecule has 1 aromatic carbocycles. The Bertz CT molecular complexity index is 561. The van der Waals surface area contributed by atoms with E-state index >= 15 is 0 Å². The summed E-state index contributed by atoms with van der Waals surface area (Å²) in [5.41, 5.74) is -6.19. The van der Waals surface area contributed by atoms with E-state index in [4.69, 9.17) is 0 Å². The van der Waals surface area contributed by atoms with Crippen LogP contribution in [0, 0.1) is 0 Å². The van der Waals surface area contributed by atoms with Crippen molar-refractivity contribution in [2.24, 2.45) is 0 Å². The van der Waals surface area contributed by atoms with Crippen LogP contribution in [0.3, 0.4) is 0 Å². The lowest BCUT2D eigenvalue weighted by Crippen LogP contribution is -2.42. The average Bonchev–Trinajstić information content (AvgIpc) is 2.24. The number of carboxylic acid groups (broad SMARTS) is 2. The van der Waals surface area contributed by atoms with Gasteiger partial charge in [-0.05, 0) is 11.6 Å². The minimum atomic E-state index is -5.62. The Morgan fingerprint density at radius 1 is 0.905 bits per heavy atom. The third-order valence-electron chi connectivity index (χ3n) is 2.47. The lowest BCUT2D eigenvalue weighted by Gasteiger charge is -2.25. The summed E-state index contributed by atoms with van der Waals surface area (Å²) in [5, 5.41) is 21.2. The van der Waals surface area contributed by atoms with Crippen LogP contribution in [0.25, 0.3) is 0 Å². The van der Waals surface area contributed by atoms with Crippen LogP contribution in [0.5, 0.6) is 0 Å². The number of alkyl halides is 6. The molecule has 0 radical (unpaired) electrons. The second kappa shape index (κ2) is 5.26. The zero-order valence-electron chi connectivity index (χ0n) is 9.71. The van der Waals surface area contributed by atoms with E-state index in [1.54, 1.807) is 0 Å².